The van der Waals surface area contributed by atoms with Gasteiger partial charge in [-0.3, -0.25) is 4.79 Å². The molecule has 0 bridgehead atoms. The molecule has 0 saturated heterocycles. The average Bonchev–Trinajstić information content (AvgIpc) is 2.82. The molecule has 0 spiro atoms. The van der Waals surface area contributed by atoms with Crippen LogP contribution in [0.25, 0.3) is 0 Å². The minimum Gasteiger partial charge on any atom is -0.295 e. The molecule has 1 saturated carbocycles. The smallest absolute Gasteiger partial charge is 0.240 e. The van der Waals surface area contributed by atoms with E-state index in [0.29, 0.717) is 23.9 Å². The van der Waals surface area contributed by atoms with Crippen molar-refractivity contribution in [2.24, 2.45) is 11.8 Å². The molecule has 4 nitrogen and oxygen atoms in total. The zero-order valence-corrected chi connectivity index (χ0v) is 12.7. The van der Waals surface area contributed by atoms with Crippen LogP contribution in [-0.4, -0.2) is 20.7 Å². The first-order valence-electron chi connectivity index (χ1n) is 6.99. The first-order valence-corrected chi connectivity index (χ1v) is 8.47. The summed E-state index contributed by atoms with van der Waals surface area (Å²) in [7, 11) is -3.52. The number of ketones is 1. The summed E-state index contributed by atoms with van der Waals surface area (Å²) >= 11 is 0. The number of benzene rings is 1. The Labute approximate surface area is 120 Å². The van der Waals surface area contributed by atoms with E-state index in [2.05, 4.69) is 11.6 Å². The largest absolute Gasteiger partial charge is 0.295 e. The molecular formula is C15H21NO3S. The molecule has 0 radical (unpaired) electrons. The van der Waals surface area contributed by atoms with E-state index in [1.165, 1.54) is 25.5 Å². The van der Waals surface area contributed by atoms with Crippen molar-refractivity contribution in [1.29, 1.82) is 0 Å². The van der Waals surface area contributed by atoms with Gasteiger partial charge in [0.15, 0.2) is 5.78 Å². The average molecular weight is 295 g/mol. The molecule has 0 heterocycles. The van der Waals surface area contributed by atoms with Crippen molar-refractivity contribution in [2.45, 2.75) is 38.0 Å². The Bertz CT molecular complexity index is 595. The Morgan fingerprint density at radius 1 is 1.35 bits per heavy atom. The highest BCUT2D eigenvalue weighted by Crippen LogP contribution is 2.29. The number of nitrogens with one attached hydrogen (secondary N) is 1. The monoisotopic (exact) mass is 295 g/mol. The fourth-order valence-electron chi connectivity index (χ4n) is 2.70. The maximum atomic E-state index is 12.2. The van der Waals surface area contributed by atoms with Crippen molar-refractivity contribution in [3.8, 4) is 0 Å². The highest BCUT2D eigenvalue weighted by Gasteiger charge is 2.23. The topological polar surface area (TPSA) is 63.2 Å². The first kappa shape index (κ1) is 15.2. The summed E-state index contributed by atoms with van der Waals surface area (Å²) in [6, 6.07) is 6.18. The van der Waals surface area contributed by atoms with E-state index in [9.17, 15) is 13.2 Å². The van der Waals surface area contributed by atoms with Gasteiger partial charge in [-0.25, -0.2) is 13.1 Å². The van der Waals surface area contributed by atoms with E-state index in [1.54, 1.807) is 12.1 Å². The number of carbonyl (C=O) groups excluding carboxylic acids is 1. The summed E-state index contributed by atoms with van der Waals surface area (Å²) in [5, 5.41) is 0. The highest BCUT2D eigenvalue weighted by molar-refractivity contribution is 7.89. The van der Waals surface area contributed by atoms with Gasteiger partial charge in [0.1, 0.15) is 0 Å². The van der Waals surface area contributed by atoms with Crippen LogP contribution in [0.15, 0.2) is 29.2 Å². The van der Waals surface area contributed by atoms with Crippen LogP contribution in [0, 0.1) is 11.8 Å². The van der Waals surface area contributed by atoms with Gasteiger partial charge in [0.05, 0.1) is 4.90 Å². The van der Waals surface area contributed by atoms with Crippen molar-refractivity contribution in [3.63, 3.8) is 0 Å². The standard InChI is InChI=1S/C15H21NO3S/c1-11-6-7-13(8-11)10-16-20(18,19)15-5-3-4-14(9-15)12(2)17/h3-5,9,11,13,16H,6-8,10H2,1-2H3. The van der Waals surface area contributed by atoms with Gasteiger partial charge in [-0.05, 0) is 43.7 Å². The van der Waals surface area contributed by atoms with Crippen LogP contribution >= 0.6 is 0 Å². The minimum atomic E-state index is -3.52. The number of hydrogen-bond donors (Lipinski definition) is 1. The van der Waals surface area contributed by atoms with Gasteiger partial charge in [0.25, 0.3) is 0 Å². The second kappa shape index (κ2) is 6.06. The summed E-state index contributed by atoms with van der Waals surface area (Å²) < 4.78 is 27.1. The SMILES string of the molecule is CC(=O)c1cccc(S(=O)(=O)NCC2CCC(C)C2)c1. The predicted molar refractivity (Wildman–Crippen MR) is 78.1 cm³/mol. The van der Waals surface area contributed by atoms with E-state index < -0.39 is 10.0 Å². The summed E-state index contributed by atoms with van der Waals surface area (Å²) in [4.78, 5) is 11.5. The lowest BCUT2D eigenvalue weighted by atomic mass is 10.1. The molecule has 0 aromatic heterocycles. The second-order valence-corrected chi connectivity index (χ2v) is 7.49. The molecule has 1 fully saturated rings. The van der Waals surface area contributed by atoms with E-state index in [0.717, 1.165) is 12.8 Å². The number of carbonyl (C=O) groups is 1. The number of Topliss-reactive ketones (excluding diaryl/α,β-unsaturated/α-hetero) is 1. The molecule has 1 aliphatic rings. The van der Waals surface area contributed by atoms with Gasteiger partial charge in [0.2, 0.25) is 10.0 Å². The second-order valence-electron chi connectivity index (χ2n) is 5.72. The van der Waals surface area contributed by atoms with Crippen molar-refractivity contribution in [3.05, 3.63) is 29.8 Å². The predicted octanol–water partition coefficient (Wildman–Crippen LogP) is 2.60. The van der Waals surface area contributed by atoms with E-state index in [1.807, 2.05) is 0 Å². The van der Waals surface area contributed by atoms with E-state index in [-0.39, 0.29) is 10.7 Å². The third kappa shape index (κ3) is 3.67. The molecule has 5 heteroatoms. The van der Waals surface area contributed by atoms with Crippen LogP contribution < -0.4 is 4.72 Å². The lowest BCUT2D eigenvalue weighted by Gasteiger charge is -2.12. The van der Waals surface area contributed by atoms with Crippen LogP contribution in [0.5, 0.6) is 0 Å². The van der Waals surface area contributed by atoms with E-state index in [4.69, 9.17) is 0 Å². The van der Waals surface area contributed by atoms with Crippen LogP contribution in [0.3, 0.4) is 0 Å². The van der Waals surface area contributed by atoms with Crippen molar-refractivity contribution < 1.29 is 13.2 Å². The molecule has 1 aromatic carbocycles. The highest BCUT2D eigenvalue weighted by atomic mass is 32.2. The van der Waals surface area contributed by atoms with Crippen molar-refractivity contribution in [1.82, 2.24) is 4.72 Å². The number of hydrogen-bond acceptors (Lipinski definition) is 3. The summed E-state index contributed by atoms with van der Waals surface area (Å²) in [6.45, 7) is 4.11. The summed E-state index contributed by atoms with van der Waals surface area (Å²) in [6.07, 6.45) is 3.33. The van der Waals surface area contributed by atoms with Gasteiger partial charge in [-0.1, -0.05) is 25.5 Å². The lowest BCUT2D eigenvalue weighted by Crippen LogP contribution is -2.28. The number of rotatable bonds is 5. The Kier molecular flexibility index (Phi) is 4.60. The zero-order chi connectivity index (χ0) is 14.8. The van der Waals surface area contributed by atoms with Gasteiger partial charge in [-0.15, -0.1) is 0 Å². The molecule has 0 aliphatic heterocycles. The van der Waals surface area contributed by atoms with Gasteiger partial charge < -0.3 is 0 Å². The lowest BCUT2D eigenvalue weighted by molar-refractivity contribution is 0.101. The summed E-state index contributed by atoms with van der Waals surface area (Å²) in [5.41, 5.74) is 0.419. The Morgan fingerprint density at radius 3 is 2.70 bits per heavy atom. The van der Waals surface area contributed by atoms with Gasteiger partial charge in [-0.2, -0.15) is 0 Å². The van der Waals surface area contributed by atoms with E-state index >= 15 is 0 Å². The molecule has 110 valence electrons. The van der Waals surface area contributed by atoms with Crippen LogP contribution in [0.2, 0.25) is 0 Å². The molecule has 0 amide bonds. The minimum absolute atomic E-state index is 0.133. The van der Waals surface area contributed by atoms with Crippen LogP contribution in [0.1, 0.15) is 43.5 Å². The molecule has 20 heavy (non-hydrogen) atoms. The molecule has 2 rings (SSSR count). The Balaban J connectivity index is 2.06. The van der Waals surface area contributed by atoms with Gasteiger partial charge in [0, 0.05) is 12.1 Å². The first-order chi connectivity index (χ1) is 9.38. The molecule has 1 aliphatic carbocycles. The molecule has 2 unspecified atom stereocenters. The molecule has 1 aromatic rings. The Morgan fingerprint density at radius 2 is 2.10 bits per heavy atom. The molecular weight excluding hydrogens is 274 g/mol. The zero-order valence-electron chi connectivity index (χ0n) is 11.9. The third-order valence-corrected chi connectivity index (χ3v) is 5.34. The quantitative estimate of drug-likeness (QED) is 0.849. The third-order valence-electron chi connectivity index (χ3n) is 3.92. The maximum absolute atomic E-state index is 12.2. The Hall–Kier alpha value is -1.20. The van der Waals surface area contributed by atoms with Crippen LogP contribution in [0.4, 0.5) is 0 Å². The number of sulfonamides is 1. The fraction of sp³-hybridized carbons (Fsp3) is 0.533. The van der Waals surface area contributed by atoms with Crippen molar-refractivity contribution in [2.75, 3.05) is 6.54 Å². The summed E-state index contributed by atoms with van der Waals surface area (Å²) in [5.74, 6) is 0.980. The maximum Gasteiger partial charge on any atom is 0.240 e. The van der Waals surface area contributed by atoms with Crippen molar-refractivity contribution >= 4 is 15.8 Å². The fourth-order valence-corrected chi connectivity index (χ4v) is 3.87. The van der Waals surface area contributed by atoms with Gasteiger partial charge >= 0.3 is 0 Å². The normalized spacial score (nSPS) is 22.9. The molecule has 1 N–H and O–H groups in total. The molecule has 2 atom stereocenters. The van der Waals surface area contributed by atoms with Crippen LogP contribution in [-0.2, 0) is 10.0 Å².